The predicted octanol–water partition coefficient (Wildman–Crippen LogP) is 2.27. The number of carbonyl (C=O) groups is 2. The molecule has 12 nitrogen and oxygen atoms in total. The number of hydrazine groups is 1. The summed E-state index contributed by atoms with van der Waals surface area (Å²) in [6.07, 6.45) is 0.855. The van der Waals surface area contributed by atoms with Crippen molar-refractivity contribution in [2.45, 2.75) is 25.7 Å². The zero-order valence-electron chi connectivity index (χ0n) is 19.0. The Labute approximate surface area is 196 Å². The Balaban J connectivity index is 2.31. The Morgan fingerprint density at radius 3 is 1.74 bits per heavy atom. The molecule has 0 spiro atoms. The molecule has 2 aromatic rings. The summed E-state index contributed by atoms with van der Waals surface area (Å²) in [4.78, 5) is 35.1. The first kappa shape index (κ1) is 26.4. The number of carbonyl (C=O) groups excluding carboxylic acids is 2. The van der Waals surface area contributed by atoms with Crippen LogP contribution in [-0.2, 0) is 9.84 Å². The van der Waals surface area contributed by atoms with Crippen LogP contribution in [0.5, 0.6) is 17.2 Å². The SMILES string of the molecule is CCOc1cc(C(=O)NNC(=O)c2cc([N+](=O)[O-])cc(S(C)(=O)=O)c2)cc(OCC)c1OCC. The first-order valence-electron chi connectivity index (χ1n) is 10.2. The number of benzene rings is 2. The molecule has 0 fully saturated rings. The lowest BCUT2D eigenvalue weighted by atomic mass is 10.1. The average molecular weight is 496 g/mol. The molecule has 0 heterocycles. The maximum absolute atomic E-state index is 12.7. The van der Waals surface area contributed by atoms with Crippen LogP contribution in [0.1, 0.15) is 41.5 Å². The molecule has 2 aromatic carbocycles. The van der Waals surface area contributed by atoms with Gasteiger partial charge in [-0.05, 0) is 39.0 Å². The summed E-state index contributed by atoms with van der Waals surface area (Å²) in [6, 6.07) is 5.53. The van der Waals surface area contributed by atoms with E-state index < -0.39 is 37.2 Å². The molecular weight excluding hydrogens is 470 g/mol. The van der Waals surface area contributed by atoms with Gasteiger partial charge in [-0.15, -0.1) is 0 Å². The van der Waals surface area contributed by atoms with Gasteiger partial charge in [0.25, 0.3) is 17.5 Å². The summed E-state index contributed by atoms with van der Waals surface area (Å²) >= 11 is 0. The highest BCUT2D eigenvalue weighted by Crippen LogP contribution is 2.39. The largest absolute Gasteiger partial charge is 0.490 e. The number of ether oxygens (including phenoxy) is 3. The van der Waals surface area contributed by atoms with Gasteiger partial charge >= 0.3 is 0 Å². The van der Waals surface area contributed by atoms with Gasteiger partial charge in [0.1, 0.15) is 0 Å². The van der Waals surface area contributed by atoms with Crippen LogP contribution >= 0.6 is 0 Å². The molecule has 0 saturated heterocycles. The van der Waals surface area contributed by atoms with Gasteiger partial charge in [0.2, 0.25) is 5.75 Å². The smallest absolute Gasteiger partial charge is 0.271 e. The molecular formula is C21H25N3O9S. The number of sulfone groups is 1. The van der Waals surface area contributed by atoms with E-state index in [-0.39, 0.29) is 22.6 Å². The highest BCUT2D eigenvalue weighted by atomic mass is 32.2. The summed E-state index contributed by atoms with van der Waals surface area (Å²) in [7, 11) is -3.83. The van der Waals surface area contributed by atoms with E-state index in [1.807, 2.05) is 0 Å². The molecule has 2 amide bonds. The Morgan fingerprint density at radius 1 is 0.853 bits per heavy atom. The van der Waals surface area contributed by atoms with E-state index >= 15 is 0 Å². The summed E-state index contributed by atoms with van der Waals surface area (Å²) in [5.74, 6) is -0.835. The van der Waals surface area contributed by atoms with Gasteiger partial charge in [0, 0.05) is 29.5 Å². The summed E-state index contributed by atoms with van der Waals surface area (Å²) in [5, 5.41) is 11.1. The van der Waals surface area contributed by atoms with Crippen molar-refractivity contribution in [1.29, 1.82) is 0 Å². The molecule has 0 aromatic heterocycles. The van der Waals surface area contributed by atoms with Crippen molar-refractivity contribution >= 4 is 27.3 Å². The number of hydrogen-bond donors (Lipinski definition) is 2. The molecule has 0 aliphatic heterocycles. The number of nitro benzene ring substituents is 1. The molecule has 2 rings (SSSR count). The van der Waals surface area contributed by atoms with Crippen molar-refractivity contribution in [2.75, 3.05) is 26.1 Å². The molecule has 0 bridgehead atoms. The molecule has 184 valence electrons. The first-order chi connectivity index (χ1) is 16.0. The zero-order valence-corrected chi connectivity index (χ0v) is 19.9. The van der Waals surface area contributed by atoms with Gasteiger partial charge in [-0.25, -0.2) is 8.42 Å². The second-order valence-corrected chi connectivity index (χ2v) is 8.77. The van der Waals surface area contributed by atoms with E-state index in [2.05, 4.69) is 10.9 Å². The van der Waals surface area contributed by atoms with Crippen molar-refractivity contribution in [3.63, 3.8) is 0 Å². The van der Waals surface area contributed by atoms with Crippen LogP contribution in [0.2, 0.25) is 0 Å². The normalized spacial score (nSPS) is 10.8. The minimum absolute atomic E-state index is 0.0755. The lowest BCUT2D eigenvalue weighted by Gasteiger charge is -2.17. The van der Waals surface area contributed by atoms with Crippen LogP contribution < -0.4 is 25.1 Å². The Morgan fingerprint density at radius 2 is 1.32 bits per heavy atom. The second-order valence-electron chi connectivity index (χ2n) is 6.75. The van der Waals surface area contributed by atoms with E-state index in [1.165, 1.54) is 12.1 Å². The highest BCUT2D eigenvalue weighted by Gasteiger charge is 2.21. The number of nitrogens with one attached hydrogen (secondary N) is 2. The van der Waals surface area contributed by atoms with Crippen LogP contribution in [0.25, 0.3) is 0 Å². The molecule has 34 heavy (non-hydrogen) atoms. The van der Waals surface area contributed by atoms with Crippen molar-refractivity contribution in [3.8, 4) is 17.2 Å². The molecule has 0 aliphatic carbocycles. The number of non-ortho nitro benzene ring substituents is 1. The van der Waals surface area contributed by atoms with E-state index in [0.29, 0.717) is 25.6 Å². The van der Waals surface area contributed by atoms with Crippen LogP contribution in [0, 0.1) is 10.1 Å². The number of rotatable bonds is 10. The van der Waals surface area contributed by atoms with E-state index in [9.17, 15) is 28.1 Å². The van der Waals surface area contributed by atoms with Gasteiger partial charge in [-0.1, -0.05) is 0 Å². The monoisotopic (exact) mass is 495 g/mol. The lowest BCUT2D eigenvalue weighted by Crippen LogP contribution is -2.41. The molecule has 0 saturated carbocycles. The molecule has 2 N–H and O–H groups in total. The maximum Gasteiger partial charge on any atom is 0.271 e. The van der Waals surface area contributed by atoms with E-state index in [4.69, 9.17) is 14.2 Å². The van der Waals surface area contributed by atoms with Gasteiger partial charge in [-0.3, -0.25) is 30.6 Å². The maximum atomic E-state index is 12.7. The van der Waals surface area contributed by atoms with Gasteiger partial charge in [0.05, 0.1) is 29.6 Å². The second kappa shape index (κ2) is 11.3. The van der Waals surface area contributed by atoms with Crippen LogP contribution in [0.4, 0.5) is 5.69 Å². The third kappa shape index (κ3) is 6.57. The summed E-state index contributed by atoms with van der Waals surface area (Å²) < 4.78 is 40.3. The fraction of sp³-hybridized carbons (Fsp3) is 0.333. The van der Waals surface area contributed by atoms with E-state index in [1.54, 1.807) is 20.8 Å². The number of hydrogen-bond acceptors (Lipinski definition) is 9. The van der Waals surface area contributed by atoms with Crippen molar-refractivity contribution in [3.05, 3.63) is 51.6 Å². The topological polar surface area (TPSA) is 163 Å². The van der Waals surface area contributed by atoms with Crippen LogP contribution in [0.3, 0.4) is 0 Å². The third-order valence-corrected chi connectivity index (χ3v) is 5.35. The third-order valence-electron chi connectivity index (χ3n) is 4.25. The van der Waals surface area contributed by atoms with Crippen molar-refractivity contribution < 1.29 is 37.1 Å². The number of amides is 2. The minimum atomic E-state index is -3.83. The van der Waals surface area contributed by atoms with Crippen LogP contribution in [0.15, 0.2) is 35.2 Å². The van der Waals surface area contributed by atoms with Gasteiger partial charge in [0.15, 0.2) is 21.3 Å². The lowest BCUT2D eigenvalue weighted by molar-refractivity contribution is -0.385. The molecule has 0 unspecified atom stereocenters. The first-order valence-corrected chi connectivity index (χ1v) is 12.1. The highest BCUT2D eigenvalue weighted by molar-refractivity contribution is 7.90. The Bertz CT molecular complexity index is 1170. The van der Waals surface area contributed by atoms with Crippen molar-refractivity contribution in [2.24, 2.45) is 0 Å². The van der Waals surface area contributed by atoms with E-state index in [0.717, 1.165) is 24.5 Å². The molecule has 0 atom stereocenters. The molecule has 13 heteroatoms. The summed E-state index contributed by atoms with van der Waals surface area (Å²) in [6.45, 7) is 6.22. The standard InChI is InChI=1S/C21H25N3O9S/c1-5-31-17-10-14(11-18(32-6-2)19(17)33-7-3)21(26)23-22-20(25)13-8-15(24(27)28)12-16(9-13)34(4,29)30/h8-12H,5-7H2,1-4H3,(H,22,25)(H,23,26). The quantitative estimate of drug-likeness (QED) is 0.372. The average Bonchev–Trinajstić information content (AvgIpc) is 2.78. The number of nitrogens with zero attached hydrogens (tertiary/aromatic N) is 1. The van der Waals surface area contributed by atoms with Gasteiger partial charge < -0.3 is 14.2 Å². The fourth-order valence-electron chi connectivity index (χ4n) is 2.81. The molecule has 0 radical (unpaired) electrons. The molecule has 0 aliphatic rings. The summed E-state index contributed by atoms with van der Waals surface area (Å²) in [5.41, 5.74) is 3.46. The number of nitro groups is 1. The minimum Gasteiger partial charge on any atom is -0.490 e. The zero-order chi connectivity index (χ0) is 25.5. The Hall–Kier alpha value is -3.87. The predicted molar refractivity (Wildman–Crippen MR) is 121 cm³/mol. The van der Waals surface area contributed by atoms with Gasteiger partial charge in [-0.2, -0.15) is 0 Å². The van der Waals surface area contributed by atoms with Crippen LogP contribution in [-0.4, -0.2) is 51.2 Å². The van der Waals surface area contributed by atoms with Crippen molar-refractivity contribution in [1.82, 2.24) is 10.9 Å². The Kier molecular flexibility index (Phi) is 8.78. The fourth-order valence-corrected chi connectivity index (χ4v) is 3.49.